The number of rotatable bonds is 6. The minimum absolute atomic E-state index is 0.0612. The molecule has 4 atom stereocenters. The lowest BCUT2D eigenvalue weighted by Gasteiger charge is -2.29. The van der Waals surface area contributed by atoms with Crippen LogP contribution in [0.5, 0.6) is 0 Å². The van der Waals surface area contributed by atoms with E-state index in [1.165, 1.54) is 0 Å². The van der Waals surface area contributed by atoms with E-state index in [1.807, 2.05) is 32.2 Å². The monoisotopic (exact) mass is 396 g/mol. The van der Waals surface area contributed by atoms with Crippen molar-refractivity contribution in [3.8, 4) is 0 Å². The Morgan fingerprint density at radius 3 is 3.03 bits per heavy atom. The smallest absolute Gasteiger partial charge is 0.220 e. The van der Waals surface area contributed by atoms with Crippen molar-refractivity contribution in [3.05, 3.63) is 41.4 Å². The lowest BCUT2D eigenvalue weighted by Crippen LogP contribution is -2.41. The molecule has 0 radical (unpaired) electrons. The van der Waals surface area contributed by atoms with Crippen LogP contribution >= 0.6 is 0 Å². The molecule has 0 unspecified atom stereocenters. The highest BCUT2D eigenvalue weighted by molar-refractivity contribution is 5.76. The summed E-state index contributed by atoms with van der Waals surface area (Å²) >= 11 is 0. The van der Waals surface area contributed by atoms with E-state index in [0.29, 0.717) is 31.2 Å². The Balaban J connectivity index is 1.19. The van der Waals surface area contributed by atoms with E-state index in [9.17, 15) is 4.79 Å². The molecule has 154 valence electrons. The maximum atomic E-state index is 12.5. The van der Waals surface area contributed by atoms with E-state index in [0.717, 1.165) is 48.8 Å². The number of aromatic nitrogens is 2. The number of pyridine rings is 1. The van der Waals surface area contributed by atoms with Gasteiger partial charge in [-0.3, -0.25) is 4.79 Å². The van der Waals surface area contributed by atoms with Crippen molar-refractivity contribution in [2.24, 2.45) is 11.8 Å². The summed E-state index contributed by atoms with van der Waals surface area (Å²) in [5.74, 6) is 2.73. The fourth-order valence-electron chi connectivity index (χ4n) is 5.60. The predicted molar refractivity (Wildman–Crippen MR) is 108 cm³/mol. The summed E-state index contributed by atoms with van der Waals surface area (Å²) in [6, 6.07) is 6.04. The van der Waals surface area contributed by atoms with Crippen molar-refractivity contribution in [2.45, 2.75) is 51.2 Å². The first kappa shape index (κ1) is 18.6. The molecule has 0 saturated carbocycles. The average molecular weight is 396 g/mol. The summed E-state index contributed by atoms with van der Waals surface area (Å²) in [5.41, 5.74) is 1.86. The molecular weight excluding hydrogens is 368 g/mol. The molecule has 2 bridgehead atoms. The van der Waals surface area contributed by atoms with Crippen LogP contribution in [0, 0.1) is 25.7 Å². The van der Waals surface area contributed by atoms with Crippen molar-refractivity contribution in [2.75, 3.05) is 24.5 Å². The van der Waals surface area contributed by atoms with Gasteiger partial charge in [0.15, 0.2) is 0 Å². The molecule has 3 aliphatic heterocycles. The Hall–Kier alpha value is -2.41. The second-order valence-electron chi connectivity index (χ2n) is 8.71. The van der Waals surface area contributed by atoms with Crippen molar-refractivity contribution < 1.29 is 14.1 Å². The summed E-state index contributed by atoms with van der Waals surface area (Å²) in [7, 11) is 0. The molecule has 1 amide bonds. The zero-order valence-electron chi connectivity index (χ0n) is 17.1. The topological polar surface area (TPSA) is 80.5 Å². The fourth-order valence-corrected chi connectivity index (χ4v) is 5.60. The molecule has 29 heavy (non-hydrogen) atoms. The highest BCUT2D eigenvalue weighted by atomic mass is 16.5. The van der Waals surface area contributed by atoms with Crippen LogP contribution < -0.4 is 10.2 Å². The van der Waals surface area contributed by atoms with Gasteiger partial charge in [-0.05, 0) is 45.2 Å². The van der Waals surface area contributed by atoms with Gasteiger partial charge in [0.2, 0.25) is 5.91 Å². The van der Waals surface area contributed by atoms with Crippen molar-refractivity contribution in [1.82, 2.24) is 15.5 Å². The number of hydrogen-bond donors (Lipinski definition) is 1. The van der Waals surface area contributed by atoms with Crippen LogP contribution in [0.4, 0.5) is 5.82 Å². The molecule has 2 aromatic heterocycles. The molecule has 3 fully saturated rings. The van der Waals surface area contributed by atoms with Gasteiger partial charge in [0.25, 0.3) is 0 Å². The van der Waals surface area contributed by atoms with Gasteiger partial charge < -0.3 is 19.5 Å². The second-order valence-corrected chi connectivity index (χ2v) is 8.71. The van der Waals surface area contributed by atoms with Crippen molar-refractivity contribution in [1.29, 1.82) is 0 Å². The van der Waals surface area contributed by atoms with Crippen molar-refractivity contribution >= 4 is 11.7 Å². The number of nitrogens with zero attached hydrogens (tertiary/aromatic N) is 3. The molecule has 2 aromatic rings. The summed E-state index contributed by atoms with van der Waals surface area (Å²) in [6.45, 7) is 6.36. The first-order valence-corrected chi connectivity index (χ1v) is 10.6. The standard InChI is InChI=1S/C22H28N4O3/c1-14-16(15(2)29-25-14)6-7-21(27)24-11-17-18-12-26(20-5-3-4-10-23-20)13-22(18)9-8-19(17)28-22/h3-5,10,17-19H,6-9,11-13H2,1-2H3,(H,24,27)/t17-,18+,19+,22+/m0/s1. The fraction of sp³-hybridized carbons (Fsp3) is 0.591. The number of nitrogens with one attached hydrogen (secondary N) is 1. The number of amides is 1. The van der Waals surface area contributed by atoms with Crippen LogP contribution in [0.2, 0.25) is 0 Å². The third-order valence-electron chi connectivity index (χ3n) is 7.08. The quantitative estimate of drug-likeness (QED) is 0.808. The Bertz CT molecular complexity index is 879. The summed E-state index contributed by atoms with van der Waals surface area (Å²) in [5, 5.41) is 7.13. The predicted octanol–water partition coefficient (Wildman–Crippen LogP) is 2.42. The Kier molecular flexibility index (Phi) is 4.57. The third kappa shape index (κ3) is 3.21. The number of carbonyl (C=O) groups is 1. The van der Waals surface area contributed by atoms with Gasteiger partial charge >= 0.3 is 0 Å². The molecule has 3 saturated heterocycles. The summed E-state index contributed by atoms with van der Waals surface area (Å²) < 4.78 is 11.7. The van der Waals surface area contributed by atoms with Crippen LogP contribution in [-0.4, -0.2) is 47.4 Å². The van der Waals surface area contributed by atoms with E-state index in [4.69, 9.17) is 9.26 Å². The normalized spacial score (nSPS) is 30.0. The van der Waals surface area contributed by atoms with E-state index in [-0.39, 0.29) is 17.6 Å². The van der Waals surface area contributed by atoms with Crippen LogP contribution in [0.25, 0.3) is 0 Å². The molecule has 5 rings (SSSR count). The number of fused-ring (bicyclic) bond motifs is 1. The summed E-state index contributed by atoms with van der Waals surface area (Å²) in [6.07, 6.45) is 5.44. The van der Waals surface area contributed by atoms with Crippen LogP contribution in [-0.2, 0) is 16.0 Å². The molecule has 7 heteroatoms. The van der Waals surface area contributed by atoms with Gasteiger partial charge in [-0.2, -0.15) is 0 Å². The van der Waals surface area contributed by atoms with Gasteiger partial charge in [0.05, 0.1) is 17.4 Å². The first-order chi connectivity index (χ1) is 14.1. The highest BCUT2D eigenvalue weighted by Crippen LogP contribution is 2.55. The molecule has 1 spiro atoms. The minimum Gasteiger partial charge on any atom is -0.369 e. The molecule has 1 N–H and O–H groups in total. The Morgan fingerprint density at radius 2 is 2.28 bits per heavy atom. The molecule has 5 heterocycles. The van der Waals surface area contributed by atoms with E-state index in [1.54, 1.807) is 0 Å². The molecule has 3 aliphatic rings. The first-order valence-electron chi connectivity index (χ1n) is 10.6. The zero-order chi connectivity index (χ0) is 20.0. The average Bonchev–Trinajstić information content (AvgIpc) is 3.46. The molecule has 7 nitrogen and oxygen atoms in total. The zero-order valence-corrected chi connectivity index (χ0v) is 17.1. The number of carbonyl (C=O) groups excluding carboxylic acids is 1. The lowest BCUT2D eigenvalue weighted by molar-refractivity contribution is -0.121. The molecule has 0 aliphatic carbocycles. The van der Waals surface area contributed by atoms with Gasteiger partial charge in [-0.1, -0.05) is 11.2 Å². The van der Waals surface area contributed by atoms with E-state index < -0.39 is 0 Å². The van der Waals surface area contributed by atoms with Crippen LogP contribution in [0.15, 0.2) is 28.9 Å². The third-order valence-corrected chi connectivity index (χ3v) is 7.08. The van der Waals surface area contributed by atoms with Gasteiger partial charge in [0, 0.05) is 49.7 Å². The molecular formula is C22H28N4O3. The lowest BCUT2D eigenvalue weighted by atomic mass is 9.73. The number of anilines is 1. The minimum atomic E-state index is -0.0612. The van der Waals surface area contributed by atoms with Crippen LogP contribution in [0.3, 0.4) is 0 Å². The second kappa shape index (κ2) is 7.13. The van der Waals surface area contributed by atoms with E-state index >= 15 is 0 Å². The maximum Gasteiger partial charge on any atom is 0.220 e. The highest BCUT2D eigenvalue weighted by Gasteiger charge is 2.63. The largest absolute Gasteiger partial charge is 0.369 e. The van der Waals surface area contributed by atoms with Gasteiger partial charge in [-0.15, -0.1) is 0 Å². The Labute approximate surface area is 170 Å². The molecule has 0 aromatic carbocycles. The van der Waals surface area contributed by atoms with Gasteiger partial charge in [-0.25, -0.2) is 4.98 Å². The van der Waals surface area contributed by atoms with Crippen molar-refractivity contribution in [3.63, 3.8) is 0 Å². The van der Waals surface area contributed by atoms with E-state index in [2.05, 4.69) is 26.4 Å². The maximum absolute atomic E-state index is 12.5. The number of ether oxygens (including phenoxy) is 1. The van der Waals surface area contributed by atoms with Gasteiger partial charge in [0.1, 0.15) is 11.6 Å². The Morgan fingerprint density at radius 1 is 1.38 bits per heavy atom. The van der Waals surface area contributed by atoms with Crippen LogP contribution in [0.1, 0.15) is 36.3 Å². The SMILES string of the molecule is Cc1noc(C)c1CCC(=O)NC[C@H]1[C@H]2CN(c3ccccn3)C[C@]23CC[C@H]1O3. The number of aryl methyl sites for hydroxylation is 2. The number of hydrogen-bond acceptors (Lipinski definition) is 6. The summed E-state index contributed by atoms with van der Waals surface area (Å²) in [4.78, 5) is 19.3.